The fourth-order valence-corrected chi connectivity index (χ4v) is 3.62. The van der Waals surface area contributed by atoms with E-state index in [-0.39, 0.29) is 12.1 Å². The highest BCUT2D eigenvalue weighted by molar-refractivity contribution is 5.80. The molecule has 1 aromatic carbocycles. The molecular formula is C20H22N4O. The van der Waals surface area contributed by atoms with E-state index in [2.05, 4.69) is 33.5 Å². The number of pyridine rings is 1. The number of H-pyrrole nitrogens is 1. The van der Waals surface area contributed by atoms with Gasteiger partial charge >= 0.3 is 6.03 Å². The Labute approximate surface area is 147 Å². The molecular weight excluding hydrogens is 312 g/mol. The van der Waals surface area contributed by atoms with Crippen molar-refractivity contribution in [3.8, 4) is 0 Å². The average Bonchev–Trinajstić information content (AvgIpc) is 3.29. The number of urea groups is 1. The van der Waals surface area contributed by atoms with E-state index in [0.29, 0.717) is 6.54 Å². The summed E-state index contributed by atoms with van der Waals surface area (Å²) < 4.78 is 0. The predicted octanol–water partition coefficient (Wildman–Crippen LogP) is 3.65. The SMILES string of the molecule is O=C(NCCc1cc2ccccc2[nH]1)N1CCC[C@@H]1c1ccncc1. The van der Waals surface area contributed by atoms with Crippen LogP contribution in [-0.2, 0) is 6.42 Å². The van der Waals surface area contributed by atoms with Gasteiger partial charge in [0, 0.05) is 43.1 Å². The molecule has 0 saturated carbocycles. The molecule has 3 heterocycles. The number of hydrogen-bond acceptors (Lipinski definition) is 2. The van der Waals surface area contributed by atoms with Gasteiger partial charge in [-0.05, 0) is 48.1 Å². The van der Waals surface area contributed by atoms with E-state index in [4.69, 9.17) is 0 Å². The van der Waals surface area contributed by atoms with Crippen molar-refractivity contribution < 1.29 is 4.79 Å². The van der Waals surface area contributed by atoms with Crippen LogP contribution in [0.15, 0.2) is 54.9 Å². The molecule has 5 nitrogen and oxygen atoms in total. The Morgan fingerprint density at radius 2 is 2.08 bits per heavy atom. The lowest BCUT2D eigenvalue weighted by molar-refractivity contribution is 0.193. The van der Waals surface area contributed by atoms with Crippen LogP contribution in [0.25, 0.3) is 10.9 Å². The summed E-state index contributed by atoms with van der Waals surface area (Å²) >= 11 is 0. The average molecular weight is 334 g/mol. The summed E-state index contributed by atoms with van der Waals surface area (Å²) in [6.07, 6.45) is 6.44. The van der Waals surface area contributed by atoms with Gasteiger partial charge in [-0.25, -0.2) is 4.79 Å². The highest BCUT2D eigenvalue weighted by Gasteiger charge is 2.29. The van der Waals surface area contributed by atoms with Crippen molar-refractivity contribution >= 4 is 16.9 Å². The fraction of sp³-hybridized carbons (Fsp3) is 0.300. The van der Waals surface area contributed by atoms with E-state index in [9.17, 15) is 4.79 Å². The second-order valence-electron chi connectivity index (χ2n) is 6.50. The number of aromatic nitrogens is 2. The lowest BCUT2D eigenvalue weighted by Crippen LogP contribution is -2.40. The van der Waals surface area contributed by atoms with Crippen molar-refractivity contribution in [1.29, 1.82) is 0 Å². The third-order valence-corrected chi connectivity index (χ3v) is 4.86. The van der Waals surface area contributed by atoms with Gasteiger partial charge in [0.15, 0.2) is 0 Å². The number of fused-ring (bicyclic) bond motifs is 1. The van der Waals surface area contributed by atoms with E-state index >= 15 is 0 Å². The summed E-state index contributed by atoms with van der Waals surface area (Å²) in [6, 6.07) is 14.6. The molecule has 1 aliphatic heterocycles. The number of benzene rings is 1. The van der Waals surface area contributed by atoms with Gasteiger partial charge < -0.3 is 15.2 Å². The van der Waals surface area contributed by atoms with E-state index in [1.54, 1.807) is 12.4 Å². The molecule has 1 aliphatic rings. The first-order valence-electron chi connectivity index (χ1n) is 8.82. The van der Waals surface area contributed by atoms with Gasteiger partial charge in [0.05, 0.1) is 6.04 Å². The van der Waals surface area contributed by atoms with Crippen molar-refractivity contribution in [3.05, 3.63) is 66.1 Å². The number of rotatable bonds is 4. The molecule has 0 spiro atoms. The molecule has 0 radical (unpaired) electrons. The summed E-state index contributed by atoms with van der Waals surface area (Å²) in [4.78, 5) is 22.0. The second kappa shape index (κ2) is 6.97. The van der Waals surface area contributed by atoms with Crippen LogP contribution in [-0.4, -0.2) is 34.0 Å². The zero-order valence-electron chi connectivity index (χ0n) is 14.1. The van der Waals surface area contributed by atoms with E-state index < -0.39 is 0 Å². The molecule has 25 heavy (non-hydrogen) atoms. The summed E-state index contributed by atoms with van der Waals surface area (Å²) in [7, 11) is 0. The molecule has 3 aromatic rings. The van der Waals surface area contributed by atoms with Crippen molar-refractivity contribution in [3.63, 3.8) is 0 Å². The summed E-state index contributed by atoms with van der Waals surface area (Å²) in [5.41, 5.74) is 3.45. The van der Waals surface area contributed by atoms with Gasteiger partial charge in [-0.1, -0.05) is 18.2 Å². The van der Waals surface area contributed by atoms with Gasteiger partial charge in [0.1, 0.15) is 0 Å². The number of nitrogens with one attached hydrogen (secondary N) is 2. The Bertz CT molecular complexity index is 825. The minimum atomic E-state index is 0.0235. The molecule has 2 amide bonds. The van der Waals surface area contributed by atoms with Crippen LogP contribution < -0.4 is 5.32 Å². The quantitative estimate of drug-likeness (QED) is 0.765. The minimum absolute atomic E-state index is 0.0235. The van der Waals surface area contributed by atoms with Crippen LogP contribution in [0.1, 0.15) is 30.1 Å². The number of para-hydroxylation sites is 1. The highest BCUT2D eigenvalue weighted by Crippen LogP contribution is 2.31. The zero-order chi connectivity index (χ0) is 17.1. The minimum Gasteiger partial charge on any atom is -0.358 e. The second-order valence-corrected chi connectivity index (χ2v) is 6.50. The fourth-order valence-electron chi connectivity index (χ4n) is 3.62. The number of aromatic amines is 1. The molecule has 2 N–H and O–H groups in total. The molecule has 0 aliphatic carbocycles. The van der Waals surface area contributed by atoms with Gasteiger partial charge in [0.25, 0.3) is 0 Å². The number of hydrogen-bond donors (Lipinski definition) is 2. The first-order valence-corrected chi connectivity index (χ1v) is 8.82. The Kier molecular flexibility index (Phi) is 4.37. The molecule has 0 bridgehead atoms. The third-order valence-electron chi connectivity index (χ3n) is 4.86. The lowest BCUT2D eigenvalue weighted by atomic mass is 10.1. The number of carbonyl (C=O) groups excluding carboxylic acids is 1. The lowest BCUT2D eigenvalue weighted by Gasteiger charge is -2.25. The van der Waals surface area contributed by atoms with E-state index in [1.165, 1.54) is 10.9 Å². The van der Waals surface area contributed by atoms with E-state index in [1.807, 2.05) is 29.2 Å². The van der Waals surface area contributed by atoms with Crippen molar-refractivity contribution in [2.75, 3.05) is 13.1 Å². The Balaban J connectivity index is 1.35. The van der Waals surface area contributed by atoms with Crippen LogP contribution in [0, 0.1) is 0 Å². The number of nitrogens with zero attached hydrogens (tertiary/aromatic N) is 2. The predicted molar refractivity (Wildman–Crippen MR) is 98.3 cm³/mol. The van der Waals surface area contributed by atoms with Crippen LogP contribution in [0.3, 0.4) is 0 Å². The number of likely N-dealkylation sites (tertiary alicyclic amines) is 1. The summed E-state index contributed by atoms with van der Waals surface area (Å²) in [6.45, 7) is 1.44. The zero-order valence-corrected chi connectivity index (χ0v) is 14.1. The molecule has 1 saturated heterocycles. The molecule has 4 rings (SSSR count). The Morgan fingerprint density at radius 1 is 1.24 bits per heavy atom. The molecule has 1 atom stereocenters. The first kappa shape index (κ1) is 15.7. The molecule has 5 heteroatoms. The Morgan fingerprint density at radius 3 is 2.92 bits per heavy atom. The highest BCUT2D eigenvalue weighted by atomic mass is 16.2. The van der Waals surface area contributed by atoms with Gasteiger partial charge in [-0.3, -0.25) is 4.98 Å². The summed E-state index contributed by atoms with van der Waals surface area (Å²) in [5, 5.41) is 4.28. The normalized spacial score (nSPS) is 17.1. The molecule has 0 unspecified atom stereocenters. The monoisotopic (exact) mass is 334 g/mol. The van der Waals surface area contributed by atoms with Crippen LogP contribution in [0.5, 0.6) is 0 Å². The standard InChI is InChI=1S/C20H22N4O/c25-20(24-13-3-6-19(24)15-7-10-21-11-8-15)22-12-9-17-14-16-4-1-2-5-18(16)23-17/h1-2,4-5,7-8,10-11,14,19,23H,3,6,9,12-13H2,(H,22,25)/t19-/m1/s1. The summed E-state index contributed by atoms with van der Waals surface area (Å²) in [5.74, 6) is 0. The number of carbonyl (C=O) groups is 1. The van der Waals surface area contributed by atoms with Gasteiger partial charge in [-0.15, -0.1) is 0 Å². The largest absolute Gasteiger partial charge is 0.358 e. The van der Waals surface area contributed by atoms with Crippen LogP contribution in [0.2, 0.25) is 0 Å². The van der Waals surface area contributed by atoms with Crippen molar-refractivity contribution in [1.82, 2.24) is 20.2 Å². The third kappa shape index (κ3) is 3.36. The van der Waals surface area contributed by atoms with Crippen LogP contribution in [0.4, 0.5) is 4.79 Å². The van der Waals surface area contributed by atoms with Gasteiger partial charge in [0.2, 0.25) is 0 Å². The maximum Gasteiger partial charge on any atom is 0.317 e. The molecule has 1 fully saturated rings. The maximum absolute atomic E-state index is 12.6. The van der Waals surface area contributed by atoms with Crippen molar-refractivity contribution in [2.24, 2.45) is 0 Å². The van der Waals surface area contributed by atoms with Crippen LogP contribution >= 0.6 is 0 Å². The maximum atomic E-state index is 12.6. The first-order chi connectivity index (χ1) is 12.3. The van der Waals surface area contributed by atoms with Gasteiger partial charge in [-0.2, -0.15) is 0 Å². The molecule has 2 aromatic heterocycles. The number of amides is 2. The topological polar surface area (TPSA) is 61.0 Å². The smallest absolute Gasteiger partial charge is 0.317 e. The van der Waals surface area contributed by atoms with E-state index in [0.717, 1.165) is 37.0 Å². The molecule has 128 valence electrons. The van der Waals surface area contributed by atoms with Crippen molar-refractivity contribution in [2.45, 2.75) is 25.3 Å². The Hall–Kier alpha value is -2.82.